The maximum atomic E-state index is 13.4. The van der Waals surface area contributed by atoms with E-state index in [1.807, 2.05) is 0 Å². The van der Waals surface area contributed by atoms with Crippen LogP contribution in [-0.4, -0.2) is 39.1 Å². The van der Waals surface area contributed by atoms with Gasteiger partial charge in [-0.2, -0.15) is 0 Å². The summed E-state index contributed by atoms with van der Waals surface area (Å²) < 4.78 is 38.0. The maximum absolute atomic E-state index is 13.4. The lowest BCUT2D eigenvalue weighted by Crippen LogP contribution is -2.37. The van der Waals surface area contributed by atoms with Gasteiger partial charge < -0.3 is 9.47 Å². The van der Waals surface area contributed by atoms with Gasteiger partial charge in [0.2, 0.25) is 0 Å². The molecule has 156 valence electrons. The second-order valence-electron chi connectivity index (χ2n) is 5.92. The highest BCUT2D eigenvalue weighted by atomic mass is 32.2. The van der Waals surface area contributed by atoms with E-state index in [0.717, 1.165) is 10.4 Å². The predicted molar refractivity (Wildman–Crippen MR) is 107 cm³/mol. The van der Waals surface area contributed by atoms with Crippen molar-refractivity contribution in [2.45, 2.75) is 25.7 Å². The van der Waals surface area contributed by atoms with Gasteiger partial charge in [-0.3, -0.25) is 19.2 Å². The molecule has 0 saturated heterocycles. The number of aryl methyl sites for hydroxylation is 1. The summed E-state index contributed by atoms with van der Waals surface area (Å²) in [6.45, 7) is 4.60. The van der Waals surface area contributed by atoms with Crippen molar-refractivity contribution in [1.82, 2.24) is 0 Å². The Bertz CT molecular complexity index is 1010. The summed E-state index contributed by atoms with van der Waals surface area (Å²) in [5.74, 6) is -0.506. The van der Waals surface area contributed by atoms with Gasteiger partial charge in [0.1, 0.15) is 12.3 Å². The van der Waals surface area contributed by atoms with Crippen LogP contribution in [0.4, 0.5) is 11.4 Å². The number of hydrogen-bond donors (Lipinski definition) is 0. The average molecular weight is 422 g/mol. The number of esters is 1. The van der Waals surface area contributed by atoms with Crippen molar-refractivity contribution in [3.05, 3.63) is 58.1 Å². The number of nitro groups is 1. The molecule has 29 heavy (non-hydrogen) atoms. The standard InChI is InChI=1S/C19H22N2O7S/c1-4-27-18-9-7-6-8-16(18)20(13-19(22)28-5-2)29(25,26)15-11-10-14(3)17(12-15)21(23)24/h6-12H,4-5,13H2,1-3H3. The van der Waals surface area contributed by atoms with Gasteiger partial charge in [0, 0.05) is 11.6 Å². The first-order chi connectivity index (χ1) is 13.7. The molecule has 0 unspecified atom stereocenters. The fourth-order valence-electron chi connectivity index (χ4n) is 2.64. The molecule has 2 aromatic rings. The van der Waals surface area contributed by atoms with E-state index in [0.29, 0.717) is 5.56 Å². The third kappa shape index (κ3) is 5.02. The van der Waals surface area contributed by atoms with Crippen molar-refractivity contribution >= 4 is 27.4 Å². The zero-order chi connectivity index (χ0) is 21.6. The summed E-state index contributed by atoms with van der Waals surface area (Å²) in [5, 5.41) is 11.2. The SMILES string of the molecule is CCOC(=O)CN(c1ccccc1OCC)S(=O)(=O)c1ccc(C)c([N+](=O)[O-])c1. The van der Waals surface area contributed by atoms with Crippen LogP contribution in [0.2, 0.25) is 0 Å². The molecule has 0 aliphatic carbocycles. The van der Waals surface area contributed by atoms with Crippen LogP contribution in [0.3, 0.4) is 0 Å². The number of rotatable bonds is 9. The number of anilines is 1. The number of sulfonamides is 1. The molecule has 0 atom stereocenters. The Hall–Kier alpha value is -3.14. The van der Waals surface area contributed by atoms with Crippen molar-refractivity contribution in [2.75, 3.05) is 24.1 Å². The maximum Gasteiger partial charge on any atom is 0.326 e. The Labute approximate surface area is 169 Å². The van der Waals surface area contributed by atoms with Crippen LogP contribution in [-0.2, 0) is 19.6 Å². The summed E-state index contributed by atoms with van der Waals surface area (Å²) in [5.41, 5.74) is 0.117. The van der Waals surface area contributed by atoms with Crippen LogP contribution in [0.5, 0.6) is 5.75 Å². The van der Waals surface area contributed by atoms with Gasteiger partial charge in [0.25, 0.3) is 15.7 Å². The molecule has 0 aromatic heterocycles. The highest BCUT2D eigenvalue weighted by molar-refractivity contribution is 7.92. The molecule has 0 bridgehead atoms. The van der Waals surface area contributed by atoms with E-state index in [1.54, 1.807) is 32.0 Å². The molecule has 0 heterocycles. The van der Waals surface area contributed by atoms with Crippen LogP contribution in [0, 0.1) is 17.0 Å². The molecule has 0 aliphatic rings. The minimum Gasteiger partial charge on any atom is -0.492 e. The molecular weight excluding hydrogens is 400 g/mol. The number of carbonyl (C=O) groups excluding carboxylic acids is 1. The quantitative estimate of drug-likeness (QED) is 0.346. The van der Waals surface area contributed by atoms with E-state index in [2.05, 4.69) is 0 Å². The van der Waals surface area contributed by atoms with Crippen molar-refractivity contribution in [1.29, 1.82) is 0 Å². The highest BCUT2D eigenvalue weighted by Crippen LogP contribution is 2.33. The molecule has 10 heteroatoms. The van der Waals surface area contributed by atoms with Gasteiger partial charge in [-0.05, 0) is 39.0 Å². The number of para-hydroxylation sites is 2. The third-order valence-electron chi connectivity index (χ3n) is 3.98. The molecule has 0 amide bonds. The molecule has 0 saturated carbocycles. The minimum atomic E-state index is -4.33. The number of benzene rings is 2. The first kappa shape index (κ1) is 22.2. The van der Waals surface area contributed by atoms with Crippen molar-refractivity contribution in [3.63, 3.8) is 0 Å². The van der Waals surface area contributed by atoms with E-state index in [4.69, 9.17) is 9.47 Å². The normalized spacial score (nSPS) is 11.0. The van der Waals surface area contributed by atoms with Crippen LogP contribution in [0.15, 0.2) is 47.4 Å². The van der Waals surface area contributed by atoms with Gasteiger partial charge in [-0.25, -0.2) is 8.42 Å². The second kappa shape index (κ2) is 9.37. The summed E-state index contributed by atoms with van der Waals surface area (Å²) in [6, 6.07) is 9.92. The molecule has 0 spiro atoms. The number of ether oxygens (including phenoxy) is 2. The molecule has 9 nitrogen and oxygen atoms in total. The van der Waals surface area contributed by atoms with Crippen LogP contribution >= 0.6 is 0 Å². The molecule has 0 fully saturated rings. The Morgan fingerprint density at radius 3 is 2.45 bits per heavy atom. The number of nitro benzene ring substituents is 1. The van der Waals surface area contributed by atoms with Crippen LogP contribution in [0.1, 0.15) is 19.4 Å². The van der Waals surface area contributed by atoms with Crippen molar-refractivity contribution in [2.24, 2.45) is 0 Å². The van der Waals surface area contributed by atoms with E-state index in [1.165, 1.54) is 25.1 Å². The van der Waals surface area contributed by atoms with Crippen LogP contribution in [0.25, 0.3) is 0 Å². The summed E-state index contributed by atoms with van der Waals surface area (Å²) >= 11 is 0. The fraction of sp³-hybridized carbons (Fsp3) is 0.316. The van der Waals surface area contributed by atoms with E-state index in [9.17, 15) is 23.3 Å². The van der Waals surface area contributed by atoms with Gasteiger partial charge in [0.05, 0.1) is 28.7 Å². The zero-order valence-electron chi connectivity index (χ0n) is 16.3. The predicted octanol–water partition coefficient (Wildman–Crippen LogP) is 3.06. The van der Waals surface area contributed by atoms with E-state index < -0.39 is 27.5 Å². The molecule has 0 N–H and O–H groups in total. The zero-order valence-corrected chi connectivity index (χ0v) is 17.1. The lowest BCUT2D eigenvalue weighted by atomic mass is 10.2. The van der Waals surface area contributed by atoms with Gasteiger partial charge >= 0.3 is 5.97 Å². The largest absolute Gasteiger partial charge is 0.492 e. The fourth-order valence-corrected chi connectivity index (χ4v) is 4.08. The Morgan fingerprint density at radius 1 is 1.14 bits per heavy atom. The average Bonchev–Trinajstić information content (AvgIpc) is 2.67. The smallest absolute Gasteiger partial charge is 0.326 e. The first-order valence-corrected chi connectivity index (χ1v) is 10.3. The highest BCUT2D eigenvalue weighted by Gasteiger charge is 2.31. The molecule has 2 aromatic carbocycles. The van der Waals surface area contributed by atoms with Gasteiger partial charge in [0.15, 0.2) is 0 Å². The van der Waals surface area contributed by atoms with Crippen LogP contribution < -0.4 is 9.04 Å². The number of nitrogens with zero attached hydrogens (tertiary/aromatic N) is 2. The minimum absolute atomic E-state index is 0.0792. The Kier molecular flexibility index (Phi) is 7.16. The third-order valence-corrected chi connectivity index (χ3v) is 5.73. The molecule has 0 aliphatic heterocycles. The molecule has 0 radical (unpaired) electrons. The Morgan fingerprint density at radius 2 is 1.83 bits per heavy atom. The van der Waals surface area contributed by atoms with Gasteiger partial charge in [-0.15, -0.1) is 0 Å². The lowest BCUT2D eigenvalue weighted by molar-refractivity contribution is -0.385. The summed E-state index contributed by atoms with van der Waals surface area (Å²) in [6.07, 6.45) is 0. The van der Waals surface area contributed by atoms with Gasteiger partial charge in [-0.1, -0.05) is 18.2 Å². The van der Waals surface area contributed by atoms with Crippen molar-refractivity contribution in [3.8, 4) is 5.75 Å². The van der Waals surface area contributed by atoms with E-state index in [-0.39, 0.29) is 35.2 Å². The molecule has 2 rings (SSSR count). The summed E-state index contributed by atoms with van der Waals surface area (Å²) in [4.78, 5) is 22.4. The monoisotopic (exact) mass is 422 g/mol. The number of carbonyl (C=O) groups is 1. The Balaban J connectivity index is 2.63. The number of hydrogen-bond acceptors (Lipinski definition) is 7. The first-order valence-electron chi connectivity index (χ1n) is 8.87. The lowest BCUT2D eigenvalue weighted by Gasteiger charge is -2.25. The second-order valence-corrected chi connectivity index (χ2v) is 7.79. The topological polar surface area (TPSA) is 116 Å². The summed E-state index contributed by atoms with van der Waals surface area (Å²) in [7, 11) is -4.33. The van der Waals surface area contributed by atoms with Crippen molar-refractivity contribution < 1.29 is 27.6 Å². The molecular formula is C19H22N2O7S. The van der Waals surface area contributed by atoms with E-state index >= 15 is 0 Å².